The number of aromatic amines is 1. The first kappa shape index (κ1) is 10.5. The molecule has 0 fully saturated rings. The lowest BCUT2D eigenvalue weighted by atomic mass is 10.1. The quantitative estimate of drug-likeness (QED) is 0.719. The molecule has 3 rings (SSSR count). The molecular formula is C13H9N3O2. The first-order chi connectivity index (χ1) is 8.75. The van der Waals surface area contributed by atoms with Crippen LogP contribution in [0.4, 0.5) is 0 Å². The van der Waals surface area contributed by atoms with Crippen molar-refractivity contribution < 1.29 is 9.90 Å². The number of rotatable bonds is 2. The third kappa shape index (κ3) is 1.62. The smallest absolute Gasteiger partial charge is 0.337 e. The summed E-state index contributed by atoms with van der Waals surface area (Å²) in [6.07, 6.45) is 4.87. The van der Waals surface area contributed by atoms with E-state index in [0.717, 1.165) is 22.3 Å². The maximum atomic E-state index is 10.8. The van der Waals surface area contributed by atoms with Crippen LogP contribution in [0.15, 0.2) is 42.9 Å². The third-order valence-electron chi connectivity index (χ3n) is 2.75. The second kappa shape index (κ2) is 3.96. The topological polar surface area (TPSA) is 78.9 Å². The number of fused-ring (bicyclic) bond motifs is 1. The molecule has 0 aromatic carbocycles. The fraction of sp³-hybridized carbons (Fsp3) is 0. The van der Waals surface area contributed by atoms with Crippen LogP contribution in [0.2, 0.25) is 0 Å². The van der Waals surface area contributed by atoms with Gasteiger partial charge in [0.1, 0.15) is 5.65 Å². The van der Waals surface area contributed by atoms with Crippen molar-refractivity contribution in [1.29, 1.82) is 0 Å². The predicted octanol–water partition coefficient (Wildman–Crippen LogP) is 2.32. The molecule has 0 bridgehead atoms. The van der Waals surface area contributed by atoms with Crippen molar-refractivity contribution in [2.24, 2.45) is 0 Å². The van der Waals surface area contributed by atoms with E-state index in [4.69, 9.17) is 5.11 Å². The van der Waals surface area contributed by atoms with Gasteiger partial charge in [-0.25, -0.2) is 9.78 Å². The van der Waals surface area contributed by atoms with Crippen LogP contribution in [0.5, 0.6) is 0 Å². The Morgan fingerprint density at radius 2 is 2.06 bits per heavy atom. The molecule has 0 atom stereocenters. The minimum atomic E-state index is -0.976. The van der Waals surface area contributed by atoms with Gasteiger partial charge in [-0.3, -0.25) is 4.98 Å². The van der Waals surface area contributed by atoms with Crippen LogP contribution in [0.25, 0.3) is 22.3 Å². The molecule has 0 spiro atoms. The van der Waals surface area contributed by atoms with E-state index in [9.17, 15) is 4.79 Å². The molecular weight excluding hydrogens is 230 g/mol. The molecule has 0 aliphatic heterocycles. The molecule has 18 heavy (non-hydrogen) atoms. The fourth-order valence-corrected chi connectivity index (χ4v) is 1.86. The Morgan fingerprint density at radius 3 is 2.78 bits per heavy atom. The summed E-state index contributed by atoms with van der Waals surface area (Å²) in [7, 11) is 0. The largest absolute Gasteiger partial charge is 0.478 e. The Balaban J connectivity index is 2.14. The Bertz CT molecular complexity index is 716. The molecule has 5 nitrogen and oxygen atoms in total. The van der Waals surface area contributed by atoms with Gasteiger partial charge in [-0.05, 0) is 24.3 Å². The average Bonchev–Trinajstić information content (AvgIpc) is 2.87. The lowest BCUT2D eigenvalue weighted by molar-refractivity contribution is 0.0696. The summed E-state index contributed by atoms with van der Waals surface area (Å²) in [5.74, 6) is -0.976. The van der Waals surface area contributed by atoms with E-state index in [1.54, 1.807) is 18.3 Å². The Kier molecular flexibility index (Phi) is 2.30. The second-order valence-corrected chi connectivity index (χ2v) is 3.84. The molecule has 0 aliphatic rings. The van der Waals surface area contributed by atoms with Crippen molar-refractivity contribution in [3.05, 3.63) is 48.4 Å². The van der Waals surface area contributed by atoms with E-state index < -0.39 is 5.97 Å². The van der Waals surface area contributed by atoms with Gasteiger partial charge in [0.25, 0.3) is 0 Å². The summed E-state index contributed by atoms with van der Waals surface area (Å²) in [4.78, 5) is 22.2. The van der Waals surface area contributed by atoms with Crippen molar-refractivity contribution in [2.45, 2.75) is 0 Å². The van der Waals surface area contributed by atoms with Crippen LogP contribution in [0.3, 0.4) is 0 Å². The molecule has 0 radical (unpaired) electrons. The number of carboxylic acid groups (broad SMARTS) is 1. The zero-order chi connectivity index (χ0) is 12.5. The number of H-pyrrole nitrogens is 1. The zero-order valence-electron chi connectivity index (χ0n) is 9.29. The Labute approximate surface area is 102 Å². The Morgan fingerprint density at radius 1 is 1.17 bits per heavy atom. The summed E-state index contributed by atoms with van der Waals surface area (Å²) in [5, 5.41) is 9.80. The summed E-state index contributed by atoms with van der Waals surface area (Å²) in [5.41, 5.74) is 2.62. The monoisotopic (exact) mass is 239 g/mol. The molecule has 3 heterocycles. The summed E-state index contributed by atoms with van der Waals surface area (Å²) in [6.45, 7) is 0. The molecule has 3 aromatic rings. The van der Waals surface area contributed by atoms with Crippen molar-refractivity contribution >= 4 is 17.0 Å². The fourth-order valence-electron chi connectivity index (χ4n) is 1.86. The number of aromatic nitrogens is 3. The third-order valence-corrected chi connectivity index (χ3v) is 2.75. The number of nitrogens with one attached hydrogen (secondary N) is 1. The van der Waals surface area contributed by atoms with Crippen molar-refractivity contribution in [2.75, 3.05) is 0 Å². The first-order valence-corrected chi connectivity index (χ1v) is 5.37. The molecule has 5 heteroatoms. The molecule has 0 aliphatic carbocycles. The molecule has 0 unspecified atom stereocenters. The SMILES string of the molecule is O=C(O)c1ccc(-c2ccnc3[nH]ccc23)nc1. The number of pyridine rings is 2. The van der Waals surface area contributed by atoms with E-state index >= 15 is 0 Å². The van der Waals surface area contributed by atoms with Gasteiger partial charge < -0.3 is 10.1 Å². The van der Waals surface area contributed by atoms with E-state index in [2.05, 4.69) is 15.0 Å². The van der Waals surface area contributed by atoms with Crippen LogP contribution < -0.4 is 0 Å². The molecule has 0 saturated heterocycles. The van der Waals surface area contributed by atoms with Crippen LogP contribution in [0, 0.1) is 0 Å². The van der Waals surface area contributed by atoms with Crippen LogP contribution in [-0.4, -0.2) is 26.0 Å². The normalized spacial score (nSPS) is 10.7. The number of hydrogen-bond acceptors (Lipinski definition) is 3. The van der Waals surface area contributed by atoms with Gasteiger partial charge in [0.05, 0.1) is 11.3 Å². The molecule has 2 N–H and O–H groups in total. The van der Waals surface area contributed by atoms with Crippen LogP contribution in [-0.2, 0) is 0 Å². The van der Waals surface area contributed by atoms with Crippen LogP contribution >= 0.6 is 0 Å². The maximum Gasteiger partial charge on any atom is 0.337 e. The van der Waals surface area contributed by atoms with Crippen molar-refractivity contribution in [3.63, 3.8) is 0 Å². The number of carboxylic acids is 1. The highest BCUT2D eigenvalue weighted by Crippen LogP contribution is 2.25. The summed E-state index contributed by atoms with van der Waals surface area (Å²) >= 11 is 0. The molecule has 88 valence electrons. The lowest BCUT2D eigenvalue weighted by Gasteiger charge is -2.02. The maximum absolute atomic E-state index is 10.8. The van der Waals surface area contributed by atoms with Gasteiger partial charge in [-0.2, -0.15) is 0 Å². The highest BCUT2D eigenvalue weighted by atomic mass is 16.4. The highest BCUT2D eigenvalue weighted by molar-refractivity contribution is 5.92. The highest BCUT2D eigenvalue weighted by Gasteiger charge is 2.08. The van der Waals surface area contributed by atoms with Gasteiger partial charge >= 0.3 is 5.97 Å². The molecule has 3 aromatic heterocycles. The van der Waals surface area contributed by atoms with Gasteiger partial charge in [-0.1, -0.05) is 0 Å². The number of hydrogen-bond donors (Lipinski definition) is 2. The van der Waals surface area contributed by atoms with Gasteiger partial charge in [0.2, 0.25) is 0 Å². The minimum absolute atomic E-state index is 0.179. The van der Waals surface area contributed by atoms with Gasteiger partial charge in [0, 0.05) is 29.5 Å². The van der Waals surface area contributed by atoms with Gasteiger partial charge in [0.15, 0.2) is 0 Å². The van der Waals surface area contributed by atoms with E-state index in [1.165, 1.54) is 6.20 Å². The lowest BCUT2D eigenvalue weighted by Crippen LogP contribution is -1.97. The van der Waals surface area contributed by atoms with E-state index in [1.807, 2.05) is 18.3 Å². The van der Waals surface area contributed by atoms with E-state index in [-0.39, 0.29) is 5.56 Å². The van der Waals surface area contributed by atoms with Crippen molar-refractivity contribution in [1.82, 2.24) is 15.0 Å². The predicted molar refractivity (Wildman–Crippen MR) is 66.3 cm³/mol. The number of carbonyl (C=O) groups is 1. The zero-order valence-corrected chi connectivity index (χ0v) is 9.29. The standard InChI is InChI=1S/C13H9N3O2/c17-13(18)8-1-2-11(16-7-8)9-3-5-14-12-10(9)4-6-15-12/h1-7H,(H,14,15)(H,17,18). The summed E-state index contributed by atoms with van der Waals surface area (Å²) < 4.78 is 0. The minimum Gasteiger partial charge on any atom is -0.478 e. The molecule has 0 amide bonds. The summed E-state index contributed by atoms with van der Waals surface area (Å²) in [6, 6.07) is 7.03. The number of aromatic carboxylic acids is 1. The molecule has 0 saturated carbocycles. The second-order valence-electron chi connectivity index (χ2n) is 3.84. The van der Waals surface area contributed by atoms with Crippen molar-refractivity contribution in [3.8, 4) is 11.3 Å². The van der Waals surface area contributed by atoms with E-state index in [0.29, 0.717) is 0 Å². The average molecular weight is 239 g/mol. The number of nitrogens with zero attached hydrogens (tertiary/aromatic N) is 2. The first-order valence-electron chi connectivity index (χ1n) is 5.37. The Hall–Kier alpha value is -2.69. The van der Waals surface area contributed by atoms with Crippen LogP contribution in [0.1, 0.15) is 10.4 Å². The van der Waals surface area contributed by atoms with Gasteiger partial charge in [-0.15, -0.1) is 0 Å².